The predicted octanol–water partition coefficient (Wildman–Crippen LogP) is 2.93. The lowest BCUT2D eigenvalue weighted by molar-refractivity contribution is 1.06. The molecule has 1 aliphatic heterocycles. The van der Waals surface area contributed by atoms with Gasteiger partial charge in [0.2, 0.25) is 0 Å². The van der Waals surface area contributed by atoms with E-state index in [1.807, 2.05) is 18.3 Å². The van der Waals surface area contributed by atoms with Crippen LogP contribution in [-0.4, -0.2) is 15.7 Å². The van der Waals surface area contributed by atoms with Gasteiger partial charge in [-0.05, 0) is 18.6 Å². The Hall–Kier alpha value is -0.800. The molecule has 0 spiro atoms. The van der Waals surface area contributed by atoms with Gasteiger partial charge in [0, 0.05) is 22.9 Å². The second-order valence-electron chi connectivity index (χ2n) is 3.18. The average molecular weight is 223 g/mol. The van der Waals surface area contributed by atoms with Gasteiger partial charge in [-0.15, -0.1) is 11.8 Å². The van der Waals surface area contributed by atoms with Gasteiger partial charge < -0.3 is 0 Å². The normalized spacial score (nSPS) is 14.6. The van der Waals surface area contributed by atoms with Crippen molar-refractivity contribution in [2.45, 2.75) is 11.4 Å². The highest BCUT2D eigenvalue weighted by Gasteiger charge is 2.18. The van der Waals surface area contributed by atoms with E-state index in [0.717, 1.165) is 28.1 Å². The van der Waals surface area contributed by atoms with Crippen molar-refractivity contribution in [2.75, 3.05) is 5.75 Å². The minimum Gasteiger partial charge on any atom is -0.256 e. The van der Waals surface area contributed by atoms with Crippen LogP contribution in [0, 0.1) is 0 Å². The number of aromatic nitrogens is 2. The lowest BCUT2D eigenvalue weighted by Gasteiger charge is -2.03. The van der Waals surface area contributed by atoms with Crippen molar-refractivity contribution >= 4 is 34.3 Å². The maximum Gasteiger partial charge on any atom is 0.139 e. The van der Waals surface area contributed by atoms with Gasteiger partial charge in [-0.2, -0.15) is 0 Å². The number of fused-ring (bicyclic) bond motifs is 3. The fraction of sp³-hybridized carbons (Fsp3) is 0.200. The molecule has 0 unspecified atom stereocenters. The maximum absolute atomic E-state index is 6.08. The molecule has 2 aromatic heterocycles. The third kappa shape index (κ3) is 1.12. The van der Waals surface area contributed by atoms with Crippen LogP contribution in [0.25, 0.3) is 10.9 Å². The number of nitrogens with zero attached hydrogens (tertiary/aromatic N) is 2. The van der Waals surface area contributed by atoms with Gasteiger partial charge in [0.25, 0.3) is 0 Å². The summed E-state index contributed by atoms with van der Waals surface area (Å²) >= 11 is 7.84. The van der Waals surface area contributed by atoms with Crippen LogP contribution in [0.5, 0.6) is 0 Å². The van der Waals surface area contributed by atoms with E-state index in [1.165, 1.54) is 5.56 Å². The molecule has 4 heteroatoms. The van der Waals surface area contributed by atoms with Crippen molar-refractivity contribution in [3.05, 3.63) is 29.0 Å². The first kappa shape index (κ1) is 8.50. The number of pyridine rings is 2. The summed E-state index contributed by atoms with van der Waals surface area (Å²) in [6.07, 6.45) is 2.86. The molecule has 14 heavy (non-hydrogen) atoms. The molecule has 0 atom stereocenters. The van der Waals surface area contributed by atoms with Gasteiger partial charge in [0.05, 0.1) is 5.52 Å². The molecule has 0 fully saturated rings. The van der Waals surface area contributed by atoms with Crippen LogP contribution < -0.4 is 0 Å². The number of rotatable bonds is 0. The van der Waals surface area contributed by atoms with Crippen molar-refractivity contribution in [1.82, 2.24) is 9.97 Å². The van der Waals surface area contributed by atoms with Crippen LogP contribution in [0.1, 0.15) is 5.56 Å². The molecule has 0 saturated carbocycles. The molecule has 1 aliphatic rings. The number of thioether (sulfide) groups is 1. The van der Waals surface area contributed by atoms with Crippen molar-refractivity contribution < 1.29 is 0 Å². The van der Waals surface area contributed by atoms with Gasteiger partial charge in [-0.25, -0.2) is 4.98 Å². The largest absolute Gasteiger partial charge is 0.256 e. The minimum atomic E-state index is 0.571. The molecular formula is C10H7ClN2S. The van der Waals surface area contributed by atoms with E-state index < -0.39 is 0 Å². The van der Waals surface area contributed by atoms with E-state index in [2.05, 4.69) is 9.97 Å². The Morgan fingerprint density at radius 2 is 2.36 bits per heavy atom. The monoisotopic (exact) mass is 222 g/mol. The molecule has 3 rings (SSSR count). The second kappa shape index (κ2) is 3.11. The van der Waals surface area contributed by atoms with Crippen LogP contribution in [0.4, 0.5) is 0 Å². The maximum atomic E-state index is 6.08. The lowest BCUT2D eigenvalue weighted by Crippen LogP contribution is -1.91. The topological polar surface area (TPSA) is 25.8 Å². The zero-order chi connectivity index (χ0) is 9.54. The third-order valence-electron chi connectivity index (χ3n) is 2.36. The first-order valence-electron chi connectivity index (χ1n) is 4.42. The fourth-order valence-electron chi connectivity index (χ4n) is 1.72. The van der Waals surface area contributed by atoms with Crippen molar-refractivity contribution in [3.63, 3.8) is 0 Å². The summed E-state index contributed by atoms with van der Waals surface area (Å²) in [4.78, 5) is 8.75. The molecule has 0 N–H and O–H groups in total. The molecule has 2 aromatic rings. The summed E-state index contributed by atoms with van der Waals surface area (Å²) in [6, 6.07) is 3.87. The smallest absolute Gasteiger partial charge is 0.139 e. The van der Waals surface area contributed by atoms with E-state index in [4.69, 9.17) is 11.6 Å². The Bertz CT molecular complexity index is 513. The first-order valence-corrected chi connectivity index (χ1v) is 5.78. The molecular weight excluding hydrogens is 216 g/mol. The van der Waals surface area contributed by atoms with E-state index in [-0.39, 0.29) is 0 Å². The van der Waals surface area contributed by atoms with Crippen LogP contribution >= 0.6 is 23.4 Å². The standard InChI is InChI=1S/C10H7ClN2S/c11-9-6-2-1-4-12-8(6)7-3-5-14-10(7)13-9/h1-2,4H,3,5H2. The van der Waals surface area contributed by atoms with Crippen LogP contribution in [0.15, 0.2) is 23.4 Å². The second-order valence-corrected chi connectivity index (χ2v) is 4.63. The highest BCUT2D eigenvalue weighted by molar-refractivity contribution is 7.99. The Kier molecular flexibility index (Phi) is 1.89. The first-order chi connectivity index (χ1) is 6.86. The summed E-state index contributed by atoms with van der Waals surface area (Å²) in [6.45, 7) is 0. The highest BCUT2D eigenvalue weighted by Crippen LogP contribution is 2.36. The molecule has 0 amide bonds. The third-order valence-corrected chi connectivity index (χ3v) is 3.67. The average Bonchev–Trinajstić information content (AvgIpc) is 2.66. The molecule has 0 aliphatic carbocycles. The van der Waals surface area contributed by atoms with Crippen molar-refractivity contribution in [1.29, 1.82) is 0 Å². The molecule has 70 valence electrons. The van der Waals surface area contributed by atoms with E-state index in [9.17, 15) is 0 Å². The summed E-state index contributed by atoms with van der Waals surface area (Å²) in [5.74, 6) is 1.09. The minimum absolute atomic E-state index is 0.571. The highest BCUT2D eigenvalue weighted by atomic mass is 35.5. The Balaban J connectivity index is 2.47. The van der Waals surface area contributed by atoms with Crippen LogP contribution in [-0.2, 0) is 6.42 Å². The molecule has 0 radical (unpaired) electrons. The van der Waals surface area contributed by atoms with Crippen LogP contribution in [0.3, 0.4) is 0 Å². The molecule has 2 nitrogen and oxygen atoms in total. The van der Waals surface area contributed by atoms with E-state index in [1.54, 1.807) is 11.8 Å². The fourth-order valence-corrected chi connectivity index (χ4v) is 3.04. The molecule has 0 bridgehead atoms. The van der Waals surface area contributed by atoms with Crippen molar-refractivity contribution in [2.24, 2.45) is 0 Å². The number of aryl methyl sites for hydroxylation is 1. The zero-order valence-corrected chi connectivity index (χ0v) is 8.90. The lowest BCUT2D eigenvalue weighted by atomic mass is 10.1. The van der Waals surface area contributed by atoms with Gasteiger partial charge in [0.1, 0.15) is 10.2 Å². The Labute approximate surface area is 90.7 Å². The van der Waals surface area contributed by atoms with Gasteiger partial charge in [-0.3, -0.25) is 4.98 Å². The summed E-state index contributed by atoms with van der Waals surface area (Å²) < 4.78 is 0. The number of halogens is 1. The SMILES string of the molecule is Clc1nc2c(c3ncccc13)CCS2. The summed E-state index contributed by atoms with van der Waals surface area (Å²) in [5.41, 5.74) is 2.28. The van der Waals surface area contributed by atoms with Gasteiger partial charge in [0.15, 0.2) is 0 Å². The predicted molar refractivity (Wildman–Crippen MR) is 59.0 cm³/mol. The van der Waals surface area contributed by atoms with Crippen molar-refractivity contribution in [3.8, 4) is 0 Å². The Morgan fingerprint density at radius 1 is 1.43 bits per heavy atom. The summed E-state index contributed by atoms with van der Waals surface area (Å²) in [7, 11) is 0. The molecule has 3 heterocycles. The van der Waals surface area contributed by atoms with E-state index in [0.29, 0.717) is 5.15 Å². The number of hydrogen-bond donors (Lipinski definition) is 0. The molecule has 0 saturated heterocycles. The number of hydrogen-bond acceptors (Lipinski definition) is 3. The van der Waals surface area contributed by atoms with Crippen LogP contribution in [0.2, 0.25) is 5.15 Å². The summed E-state index contributed by atoms with van der Waals surface area (Å²) in [5, 5.41) is 2.60. The van der Waals surface area contributed by atoms with Gasteiger partial charge in [-0.1, -0.05) is 11.6 Å². The van der Waals surface area contributed by atoms with Gasteiger partial charge >= 0.3 is 0 Å². The zero-order valence-electron chi connectivity index (χ0n) is 7.33. The van der Waals surface area contributed by atoms with E-state index >= 15 is 0 Å². The molecule has 0 aromatic carbocycles. The Morgan fingerprint density at radius 3 is 3.29 bits per heavy atom. The quantitative estimate of drug-likeness (QED) is 0.641.